The monoisotopic (exact) mass is 397 g/mol. The standard InChI is InChI=1S/C22H27N3O4/c1-6-24(14-15(2)3)22(27)18-10-8-7-9-17(18)21(26)16-11-12-19(23(4)5)20(13-16)25(28)29/h7-13,15H,6,14H2,1-5H3. The minimum Gasteiger partial charge on any atom is -0.372 e. The van der Waals surface area contributed by atoms with Crippen LogP contribution in [0.5, 0.6) is 0 Å². The highest BCUT2D eigenvalue weighted by molar-refractivity contribution is 6.15. The first-order chi connectivity index (χ1) is 13.7. The Bertz CT molecular complexity index is 922. The maximum Gasteiger partial charge on any atom is 0.293 e. The van der Waals surface area contributed by atoms with Crippen LogP contribution in [0.3, 0.4) is 0 Å². The van der Waals surface area contributed by atoms with Crippen molar-refractivity contribution in [3.63, 3.8) is 0 Å². The van der Waals surface area contributed by atoms with Crippen molar-refractivity contribution in [3.05, 3.63) is 69.3 Å². The Morgan fingerprint density at radius 2 is 1.69 bits per heavy atom. The fourth-order valence-corrected chi connectivity index (χ4v) is 3.18. The molecule has 0 aliphatic carbocycles. The van der Waals surface area contributed by atoms with Gasteiger partial charge in [0.1, 0.15) is 5.69 Å². The van der Waals surface area contributed by atoms with E-state index in [4.69, 9.17) is 0 Å². The third-order valence-corrected chi connectivity index (χ3v) is 4.57. The summed E-state index contributed by atoms with van der Waals surface area (Å²) in [6.07, 6.45) is 0. The summed E-state index contributed by atoms with van der Waals surface area (Å²) in [5.74, 6) is -0.337. The number of nitro benzene ring substituents is 1. The molecule has 7 heteroatoms. The molecule has 0 saturated carbocycles. The summed E-state index contributed by atoms with van der Waals surface area (Å²) in [7, 11) is 3.40. The molecule has 29 heavy (non-hydrogen) atoms. The second-order valence-corrected chi connectivity index (χ2v) is 7.47. The van der Waals surface area contributed by atoms with E-state index in [0.29, 0.717) is 30.3 Å². The fourth-order valence-electron chi connectivity index (χ4n) is 3.18. The molecule has 0 bridgehead atoms. The smallest absolute Gasteiger partial charge is 0.293 e. The molecule has 7 nitrogen and oxygen atoms in total. The number of hydrogen-bond donors (Lipinski definition) is 0. The molecule has 0 N–H and O–H groups in total. The number of rotatable bonds is 8. The maximum atomic E-state index is 13.2. The van der Waals surface area contributed by atoms with Crippen molar-refractivity contribution in [1.29, 1.82) is 0 Å². The van der Waals surface area contributed by atoms with E-state index in [-0.39, 0.29) is 22.7 Å². The summed E-state index contributed by atoms with van der Waals surface area (Å²) in [5, 5.41) is 11.5. The normalized spacial score (nSPS) is 10.7. The lowest BCUT2D eigenvalue weighted by Crippen LogP contribution is -2.35. The highest BCUT2D eigenvalue weighted by Crippen LogP contribution is 2.29. The molecule has 0 heterocycles. The summed E-state index contributed by atoms with van der Waals surface area (Å²) in [6, 6.07) is 11.0. The number of carbonyl (C=O) groups is 2. The third-order valence-electron chi connectivity index (χ3n) is 4.57. The van der Waals surface area contributed by atoms with Gasteiger partial charge in [0.25, 0.3) is 11.6 Å². The number of anilines is 1. The first kappa shape index (κ1) is 22.1. The number of nitrogens with zero attached hydrogens (tertiary/aromatic N) is 3. The van der Waals surface area contributed by atoms with Gasteiger partial charge in [-0.2, -0.15) is 0 Å². The van der Waals surface area contributed by atoms with Crippen molar-refractivity contribution in [3.8, 4) is 0 Å². The highest BCUT2D eigenvalue weighted by Gasteiger charge is 2.24. The van der Waals surface area contributed by atoms with Gasteiger partial charge >= 0.3 is 0 Å². The van der Waals surface area contributed by atoms with Gasteiger partial charge in [-0.15, -0.1) is 0 Å². The second-order valence-electron chi connectivity index (χ2n) is 7.47. The summed E-state index contributed by atoms with van der Waals surface area (Å²) < 4.78 is 0. The predicted molar refractivity (Wildman–Crippen MR) is 114 cm³/mol. The Morgan fingerprint density at radius 3 is 2.21 bits per heavy atom. The van der Waals surface area contributed by atoms with Gasteiger partial charge in [0.2, 0.25) is 0 Å². The van der Waals surface area contributed by atoms with Gasteiger partial charge < -0.3 is 9.80 Å². The van der Waals surface area contributed by atoms with Crippen LogP contribution in [0.25, 0.3) is 0 Å². The van der Waals surface area contributed by atoms with Crippen LogP contribution >= 0.6 is 0 Å². The molecule has 0 aliphatic heterocycles. The van der Waals surface area contributed by atoms with Crippen molar-refractivity contribution < 1.29 is 14.5 Å². The lowest BCUT2D eigenvalue weighted by Gasteiger charge is -2.24. The van der Waals surface area contributed by atoms with Crippen molar-refractivity contribution >= 4 is 23.1 Å². The summed E-state index contributed by atoms with van der Waals surface area (Å²) in [6.45, 7) is 7.06. The van der Waals surface area contributed by atoms with Crippen LogP contribution in [0.1, 0.15) is 47.1 Å². The first-order valence-electron chi connectivity index (χ1n) is 9.56. The molecule has 0 atom stereocenters. The van der Waals surface area contributed by atoms with Gasteiger partial charge in [-0.25, -0.2) is 0 Å². The molecule has 154 valence electrons. The van der Waals surface area contributed by atoms with Crippen molar-refractivity contribution in [1.82, 2.24) is 4.90 Å². The van der Waals surface area contributed by atoms with E-state index < -0.39 is 10.7 Å². The lowest BCUT2D eigenvalue weighted by atomic mass is 9.96. The Labute approximate surface area is 171 Å². The molecule has 2 rings (SSSR count). The molecule has 1 amide bonds. The molecule has 0 spiro atoms. The Kier molecular flexibility index (Phi) is 7.09. The van der Waals surface area contributed by atoms with Crippen molar-refractivity contribution in [2.45, 2.75) is 20.8 Å². The largest absolute Gasteiger partial charge is 0.372 e. The SMILES string of the molecule is CCN(CC(C)C)C(=O)c1ccccc1C(=O)c1ccc(N(C)C)c([N+](=O)[O-])c1. The maximum absolute atomic E-state index is 13.2. The molecule has 2 aromatic carbocycles. The highest BCUT2D eigenvalue weighted by atomic mass is 16.6. The van der Waals surface area contributed by atoms with Crippen LogP contribution in [-0.4, -0.2) is 48.7 Å². The minimum atomic E-state index is -0.509. The number of amides is 1. The van der Waals surface area contributed by atoms with Crippen LogP contribution in [-0.2, 0) is 0 Å². The van der Waals surface area contributed by atoms with Gasteiger partial charge in [0, 0.05) is 44.4 Å². The van der Waals surface area contributed by atoms with E-state index in [2.05, 4.69) is 0 Å². The molecule has 2 aromatic rings. The van der Waals surface area contributed by atoms with Gasteiger partial charge in [-0.1, -0.05) is 32.0 Å². The number of nitro groups is 1. The quantitative estimate of drug-likeness (QED) is 0.382. The zero-order chi connectivity index (χ0) is 21.7. The topological polar surface area (TPSA) is 83.8 Å². The van der Waals surface area contributed by atoms with Gasteiger partial charge in [0.05, 0.1) is 10.5 Å². The first-order valence-corrected chi connectivity index (χ1v) is 9.56. The van der Waals surface area contributed by atoms with E-state index in [9.17, 15) is 19.7 Å². The molecule has 0 aliphatic rings. The van der Waals surface area contributed by atoms with E-state index in [1.807, 2.05) is 20.8 Å². The van der Waals surface area contributed by atoms with E-state index >= 15 is 0 Å². The zero-order valence-corrected chi connectivity index (χ0v) is 17.5. The number of hydrogen-bond acceptors (Lipinski definition) is 5. The van der Waals surface area contributed by atoms with Gasteiger partial charge in [-0.05, 0) is 31.0 Å². The summed E-state index contributed by atoms with van der Waals surface area (Å²) >= 11 is 0. The van der Waals surface area contributed by atoms with Crippen LogP contribution in [0.15, 0.2) is 42.5 Å². The molecule has 0 aromatic heterocycles. The molecule has 0 fully saturated rings. The average molecular weight is 397 g/mol. The van der Waals surface area contributed by atoms with Crippen LogP contribution in [0.2, 0.25) is 0 Å². The minimum absolute atomic E-state index is 0.153. The Morgan fingerprint density at radius 1 is 1.07 bits per heavy atom. The number of carbonyl (C=O) groups excluding carboxylic acids is 2. The third kappa shape index (κ3) is 4.99. The van der Waals surface area contributed by atoms with Gasteiger partial charge in [0.15, 0.2) is 5.78 Å². The van der Waals surface area contributed by atoms with E-state index in [1.54, 1.807) is 60.3 Å². The molecular weight excluding hydrogens is 370 g/mol. The lowest BCUT2D eigenvalue weighted by molar-refractivity contribution is -0.384. The summed E-state index contributed by atoms with van der Waals surface area (Å²) in [5.41, 5.74) is 0.977. The number of ketones is 1. The van der Waals surface area contributed by atoms with Crippen LogP contribution < -0.4 is 4.90 Å². The Hall–Kier alpha value is -3.22. The van der Waals surface area contributed by atoms with Crippen LogP contribution in [0.4, 0.5) is 11.4 Å². The predicted octanol–water partition coefficient (Wildman–Crippen LogP) is 4.01. The summed E-state index contributed by atoms with van der Waals surface area (Å²) in [4.78, 5) is 40.5. The van der Waals surface area contributed by atoms with E-state index in [1.165, 1.54) is 6.07 Å². The van der Waals surface area contributed by atoms with Crippen molar-refractivity contribution in [2.75, 3.05) is 32.1 Å². The van der Waals surface area contributed by atoms with Crippen molar-refractivity contribution in [2.24, 2.45) is 5.92 Å². The second kappa shape index (κ2) is 9.32. The molecule has 0 unspecified atom stereocenters. The molecule has 0 saturated heterocycles. The van der Waals surface area contributed by atoms with Gasteiger partial charge in [-0.3, -0.25) is 19.7 Å². The number of benzene rings is 2. The van der Waals surface area contributed by atoms with E-state index in [0.717, 1.165) is 0 Å². The van der Waals surface area contributed by atoms with Crippen LogP contribution in [0, 0.1) is 16.0 Å². The molecule has 0 radical (unpaired) electrons. The average Bonchev–Trinajstić information content (AvgIpc) is 2.70. The fraction of sp³-hybridized carbons (Fsp3) is 0.364. The Balaban J connectivity index is 2.49. The zero-order valence-electron chi connectivity index (χ0n) is 17.5. The molecular formula is C22H27N3O4.